The van der Waals surface area contributed by atoms with Crippen molar-refractivity contribution in [1.29, 1.82) is 0 Å². The molecule has 0 aliphatic carbocycles. The summed E-state index contributed by atoms with van der Waals surface area (Å²) in [5.41, 5.74) is 1.46. The first-order valence-corrected chi connectivity index (χ1v) is 11.3. The van der Waals surface area contributed by atoms with Gasteiger partial charge in [-0.05, 0) is 75.1 Å². The van der Waals surface area contributed by atoms with E-state index in [0.29, 0.717) is 23.9 Å². The second kappa shape index (κ2) is 9.96. The summed E-state index contributed by atoms with van der Waals surface area (Å²) in [7, 11) is 3.69. The van der Waals surface area contributed by atoms with E-state index in [2.05, 4.69) is 22.2 Å². The van der Waals surface area contributed by atoms with Crippen molar-refractivity contribution >= 4 is 11.6 Å². The third-order valence-electron chi connectivity index (χ3n) is 6.83. The predicted octanol–water partition coefficient (Wildman–Crippen LogP) is 4.14. The Bertz CT molecular complexity index is 955. The Kier molecular flexibility index (Phi) is 7.06. The Morgan fingerprint density at radius 1 is 1.12 bits per heavy atom. The number of likely N-dealkylation sites (tertiary alicyclic amines) is 2. The summed E-state index contributed by atoms with van der Waals surface area (Å²) in [6.45, 7) is 3.23. The molecule has 172 valence electrons. The predicted molar refractivity (Wildman–Crippen MR) is 121 cm³/mol. The smallest absolute Gasteiger partial charge is 0.229 e. The van der Waals surface area contributed by atoms with Crippen molar-refractivity contribution in [2.45, 2.75) is 31.8 Å². The molecular formula is C25H31F2N3O2. The molecule has 5 nitrogen and oxygen atoms in total. The van der Waals surface area contributed by atoms with Crippen LogP contribution in [0.3, 0.4) is 0 Å². The Hall–Kier alpha value is -2.51. The van der Waals surface area contributed by atoms with Gasteiger partial charge in [0, 0.05) is 19.1 Å². The van der Waals surface area contributed by atoms with Gasteiger partial charge in [0.05, 0.1) is 18.7 Å². The molecule has 2 fully saturated rings. The van der Waals surface area contributed by atoms with Gasteiger partial charge in [-0.2, -0.15) is 0 Å². The van der Waals surface area contributed by atoms with E-state index in [1.165, 1.54) is 12.1 Å². The van der Waals surface area contributed by atoms with Crippen LogP contribution in [0.1, 0.15) is 24.8 Å². The fourth-order valence-electron chi connectivity index (χ4n) is 5.33. The van der Waals surface area contributed by atoms with Crippen molar-refractivity contribution in [3.8, 4) is 5.75 Å². The molecule has 2 aromatic carbocycles. The molecule has 1 amide bonds. The summed E-state index contributed by atoms with van der Waals surface area (Å²) in [5.74, 6) is -0.699. The number of nitrogens with one attached hydrogen (secondary N) is 1. The molecular weight excluding hydrogens is 412 g/mol. The SMILES string of the molecule is COc1ccccc1NC(=O)[C@@H]1CCN(C)[C@H]1C1CCCN(Cc2ccc(F)c(F)c2)C1. The molecule has 0 bridgehead atoms. The first-order valence-electron chi connectivity index (χ1n) is 11.3. The highest BCUT2D eigenvalue weighted by Gasteiger charge is 2.42. The number of methoxy groups -OCH3 is 1. The highest BCUT2D eigenvalue weighted by Crippen LogP contribution is 2.35. The van der Waals surface area contributed by atoms with E-state index in [0.717, 1.165) is 44.5 Å². The summed E-state index contributed by atoms with van der Waals surface area (Å²) >= 11 is 0. The Labute approximate surface area is 188 Å². The summed E-state index contributed by atoms with van der Waals surface area (Å²) in [6, 6.07) is 11.7. The monoisotopic (exact) mass is 443 g/mol. The molecule has 2 aromatic rings. The van der Waals surface area contributed by atoms with Crippen LogP contribution in [0, 0.1) is 23.5 Å². The largest absolute Gasteiger partial charge is 0.495 e. The van der Waals surface area contributed by atoms with Crippen molar-refractivity contribution in [1.82, 2.24) is 9.80 Å². The van der Waals surface area contributed by atoms with Crippen molar-refractivity contribution in [3.63, 3.8) is 0 Å². The number of piperidine rings is 1. The van der Waals surface area contributed by atoms with Gasteiger partial charge in [0.25, 0.3) is 0 Å². The number of benzene rings is 2. The molecule has 3 atom stereocenters. The van der Waals surface area contributed by atoms with E-state index in [1.54, 1.807) is 13.2 Å². The molecule has 2 saturated heterocycles. The number of anilines is 1. The minimum Gasteiger partial charge on any atom is -0.495 e. The van der Waals surface area contributed by atoms with Crippen LogP contribution in [-0.4, -0.2) is 55.5 Å². The summed E-state index contributed by atoms with van der Waals surface area (Å²) in [6.07, 6.45) is 2.91. The standard InChI is InChI=1S/C25H31F2N3O2/c1-29-13-11-19(25(31)28-22-7-3-4-8-23(22)32-2)24(29)18-6-5-12-30(16-18)15-17-9-10-20(26)21(27)14-17/h3-4,7-10,14,18-19,24H,5-6,11-13,15-16H2,1-2H3,(H,28,31)/t18?,19-,24+/m1/s1. The number of nitrogens with zero attached hydrogens (tertiary/aromatic N) is 2. The first kappa shape index (κ1) is 22.7. The maximum absolute atomic E-state index is 13.6. The fourth-order valence-corrected chi connectivity index (χ4v) is 5.33. The molecule has 0 radical (unpaired) electrons. The molecule has 4 rings (SSSR count). The van der Waals surface area contributed by atoms with Crippen LogP contribution < -0.4 is 10.1 Å². The number of hydrogen-bond donors (Lipinski definition) is 1. The highest BCUT2D eigenvalue weighted by atomic mass is 19.2. The van der Waals surface area contributed by atoms with E-state index in [-0.39, 0.29) is 17.9 Å². The lowest BCUT2D eigenvalue weighted by Gasteiger charge is -2.39. The number of hydrogen-bond acceptors (Lipinski definition) is 4. The molecule has 1 unspecified atom stereocenters. The Morgan fingerprint density at radius 3 is 2.72 bits per heavy atom. The molecule has 2 aliphatic rings. The maximum Gasteiger partial charge on any atom is 0.229 e. The van der Waals surface area contributed by atoms with E-state index in [1.807, 2.05) is 24.3 Å². The summed E-state index contributed by atoms with van der Waals surface area (Å²) < 4.78 is 32.3. The summed E-state index contributed by atoms with van der Waals surface area (Å²) in [5, 5.41) is 3.07. The lowest BCUT2D eigenvalue weighted by Crippen LogP contribution is -2.48. The Balaban J connectivity index is 1.44. The van der Waals surface area contributed by atoms with E-state index < -0.39 is 11.6 Å². The van der Waals surface area contributed by atoms with Gasteiger partial charge in [-0.1, -0.05) is 18.2 Å². The van der Waals surface area contributed by atoms with Crippen molar-refractivity contribution in [2.75, 3.05) is 39.1 Å². The molecule has 32 heavy (non-hydrogen) atoms. The lowest BCUT2D eigenvalue weighted by atomic mass is 9.83. The van der Waals surface area contributed by atoms with E-state index in [4.69, 9.17) is 4.74 Å². The highest BCUT2D eigenvalue weighted by molar-refractivity contribution is 5.94. The Morgan fingerprint density at radius 2 is 1.94 bits per heavy atom. The number of rotatable bonds is 6. The van der Waals surface area contributed by atoms with Crippen LogP contribution >= 0.6 is 0 Å². The van der Waals surface area contributed by atoms with Gasteiger partial charge in [0.15, 0.2) is 11.6 Å². The average Bonchev–Trinajstić information content (AvgIpc) is 3.18. The van der Waals surface area contributed by atoms with Crippen molar-refractivity contribution in [2.24, 2.45) is 11.8 Å². The van der Waals surface area contributed by atoms with Crippen LogP contribution in [0.15, 0.2) is 42.5 Å². The van der Waals surface area contributed by atoms with Crippen LogP contribution in [0.5, 0.6) is 5.75 Å². The normalized spacial score (nSPS) is 24.4. The van der Waals surface area contributed by atoms with E-state index in [9.17, 15) is 13.6 Å². The molecule has 0 aromatic heterocycles. The average molecular weight is 444 g/mol. The number of carbonyl (C=O) groups is 1. The number of ether oxygens (including phenoxy) is 1. The zero-order valence-electron chi connectivity index (χ0n) is 18.7. The molecule has 0 spiro atoms. The lowest BCUT2D eigenvalue weighted by molar-refractivity contribution is -0.121. The number of carbonyl (C=O) groups excluding carboxylic acids is 1. The van der Waals surface area contributed by atoms with Crippen LogP contribution in [0.4, 0.5) is 14.5 Å². The minimum absolute atomic E-state index is 0.0292. The zero-order valence-corrected chi connectivity index (χ0v) is 18.7. The third-order valence-corrected chi connectivity index (χ3v) is 6.83. The second-order valence-electron chi connectivity index (χ2n) is 8.94. The number of para-hydroxylation sites is 2. The first-order chi connectivity index (χ1) is 15.5. The molecule has 7 heteroatoms. The van der Waals surface area contributed by atoms with Crippen molar-refractivity contribution in [3.05, 3.63) is 59.7 Å². The van der Waals surface area contributed by atoms with Gasteiger partial charge >= 0.3 is 0 Å². The van der Waals surface area contributed by atoms with Gasteiger partial charge in [-0.25, -0.2) is 8.78 Å². The van der Waals surface area contributed by atoms with Gasteiger partial charge in [-0.3, -0.25) is 9.69 Å². The van der Waals surface area contributed by atoms with Gasteiger partial charge in [-0.15, -0.1) is 0 Å². The van der Waals surface area contributed by atoms with Crippen LogP contribution in [0.2, 0.25) is 0 Å². The summed E-state index contributed by atoms with van der Waals surface area (Å²) in [4.78, 5) is 17.8. The molecule has 1 N–H and O–H groups in total. The zero-order chi connectivity index (χ0) is 22.7. The van der Waals surface area contributed by atoms with Gasteiger partial charge < -0.3 is 15.0 Å². The quantitative estimate of drug-likeness (QED) is 0.729. The maximum atomic E-state index is 13.6. The van der Waals surface area contributed by atoms with Gasteiger partial charge in [0.2, 0.25) is 5.91 Å². The second-order valence-corrected chi connectivity index (χ2v) is 8.94. The van der Waals surface area contributed by atoms with Crippen molar-refractivity contribution < 1.29 is 18.3 Å². The fraction of sp³-hybridized carbons (Fsp3) is 0.480. The van der Waals surface area contributed by atoms with Crippen LogP contribution in [-0.2, 0) is 11.3 Å². The number of amides is 1. The topological polar surface area (TPSA) is 44.8 Å². The van der Waals surface area contributed by atoms with E-state index >= 15 is 0 Å². The number of halogens is 2. The molecule has 0 saturated carbocycles. The third kappa shape index (κ3) is 4.94. The molecule has 2 aliphatic heterocycles. The molecule has 2 heterocycles. The minimum atomic E-state index is -0.818. The van der Waals surface area contributed by atoms with Crippen LogP contribution in [0.25, 0.3) is 0 Å². The van der Waals surface area contributed by atoms with Gasteiger partial charge in [0.1, 0.15) is 5.75 Å².